The Morgan fingerprint density at radius 3 is 2.46 bits per heavy atom. The van der Waals surface area contributed by atoms with Crippen molar-refractivity contribution in [3.8, 4) is 11.5 Å². The molecule has 0 aliphatic carbocycles. The predicted molar refractivity (Wildman–Crippen MR) is 112 cm³/mol. The van der Waals surface area contributed by atoms with Crippen LogP contribution in [0.2, 0.25) is 0 Å². The van der Waals surface area contributed by atoms with Crippen molar-refractivity contribution < 1.29 is 19.2 Å². The Bertz CT molecular complexity index is 971. The van der Waals surface area contributed by atoms with Crippen molar-refractivity contribution in [2.24, 2.45) is 0 Å². The topological polar surface area (TPSA) is 52.0 Å². The zero-order chi connectivity index (χ0) is 20.1. The van der Waals surface area contributed by atoms with E-state index < -0.39 is 0 Å². The molecular formula is C23H27N2O3+. The molecule has 5 heteroatoms. The smallest absolute Gasteiger partial charge is 0.282 e. The molecule has 0 aromatic heterocycles. The van der Waals surface area contributed by atoms with Crippen LogP contribution in [0.1, 0.15) is 12.5 Å². The van der Waals surface area contributed by atoms with Crippen molar-refractivity contribution in [2.45, 2.75) is 19.5 Å². The molecule has 0 spiro atoms. The van der Waals surface area contributed by atoms with Gasteiger partial charge in [0, 0.05) is 5.56 Å². The Kier molecular flexibility index (Phi) is 6.16. The molecule has 1 unspecified atom stereocenters. The molecule has 0 bridgehead atoms. The number of methoxy groups -OCH3 is 2. The van der Waals surface area contributed by atoms with E-state index in [1.807, 2.05) is 50.4 Å². The highest BCUT2D eigenvalue weighted by Gasteiger charge is 2.23. The fraction of sp³-hybridized carbons (Fsp3) is 0.261. The van der Waals surface area contributed by atoms with Gasteiger partial charge in [0.15, 0.2) is 6.04 Å². The zero-order valence-corrected chi connectivity index (χ0v) is 16.8. The molecule has 0 aliphatic heterocycles. The van der Waals surface area contributed by atoms with Gasteiger partial charge in [0.05, 0.1) is 27.0 Å². The molecule has 0 saturated carbocycles. The molecule has 28 heavy (non-hydrogen) atoms. The number of nitrogens with one attached hydrogen (secondary N) is 2. The van der Waals surface area contributed by atoms with Gasteiger partial charge < -0.3 is 19.7 Å². The molecule has 2 N–H and O–H groups in total. The third kappa shape index (κ3) is 4.43. The number of anilines is 1. The molecule has 0 radical (unpaired) electrons. The van der Waals surface area contributed by atoms with Gasteiger partial charge in [0.2, 0.25) is 0 Å². The summed E-state index contributed by atoms with van der Waals surface area (Å²) in [4.78, 5) is 13.8. The van der Waals surface area contributed by atoms with Crippen molar-refractivity contribution >= 4 is 22.4 Å². The van der Waals surface area contributed by atoms with Gasteiger partial charge in [-0.2, -0.15) is 0 Å². The van der Waals surface area contributed by atoms with Crippen molar-refractivity contribution in [1.29, 1.82) is 0 Å². The van der Waals surface area contributed by atoms with Crippen LogP contribution in [-0.2, 0) is 11.3 Å². The number of amides is 1. The molecule has 3 aromatic carbocycles. The van der Waals surface area contributed by atoms with Crippen molar-refractivity contribution in [3.63, 3.8) is 0 Å². The predicted octanol–water partition coefficient (Wildman–Crippen LogP) is 2.90. The third-order valence-electron chi connectivity index (χ3n) is 5.09. The molecule has 1 amide bonds. The number of hydrogen-bond donors (Lipinski definition) is 2. The minimum absolute atomic E-state index is 0.0347. The largest absolute Gasteiger partial charge is 0.497 e. The van der Waals surface area contributed by atoms with E-state index in [1.54, 1.807) is 14.2 Å². The van der Waals surface area contributed by atoms with Crippen LogP contribution < -0.4 is 19.7 Å². The van der Waals surface area contributed by atoms with Crippen LogP contribution in [0.4, 0.5) is 5.69 Å². The van der Waals surface area contributed by atoms with E-state index in [4.69, 9.17) is 9.47 Å². The number of fused-ring (bicyclic) bond motifs is 1. The maximum Gasteiger partial charge on any atom is 0.282 e. The lowest BCUT2D eigenvalue weighted by Crippen LogP contribution is -3.12. The molecule has 0 saturated heterocycles. The average molecular weight is 379 g/mol. The Morgan fingerprint density at radius 2 is 1.71 bits per heavy atom. The van der Waals surface area contributed by atoms with Crippen LogP contribution in [0.5, 0.6) is 11.5 Å². The SMILES string of the molecule is COc1ccc2cc(C[NH+](C)[C@@H](C)C(=O)Nc3ccccc3OC)ccc2c1. The average Bonchev–Trinajstić information content (AvgIpc) is 2.73. The quantitative estimate of drug-likeness (QED) is 0.664. The summed E-state index contributed by atoms with van der Waals surface area (Å²) < 4.78 is 10.6. The first-order valence-electron chi connectivity index (χ1n) is 9.34. The fourth-order valence-electron chi connectivity index (χ4n) is 3.20. The summed E-state index contributed by atoms with van der Waals surface area (Å²) in [6, 6.07) is 19.6. The van der Waals surface area contributed by atoms with E-state index in [-0.39, 0.29) is 11.9 Å². The van der Waals surface area contributed by atoms with Gasteiger partial charge in [-0.15, -0.1) is 0 Å². The summed E-state index contributed by atoms with van der Waals surface area (Å²) >= 11 is 0. The van der Waals surface area contributed by atoms with E-state index >= 15 is 0 Å². The Labute approximate surface area is 165 Å². The van der Waals surface area contributed by atoms with Crippen LogP contribution >= 0.6 is 0 Å². The highest BCUT2D eigenvalue weighted by atomic mass is 16.5. The van der Waals surface area contributed by atoms with Gasteiger partial charge in [-0.1, -0.05) is 30.3 Å². The number of rotatable bonds is 7. The van der Waals surface area contributed by atoms with Crippen LogP contribution in [0.25, 0.3) is 10.8 Å². The second kappa shape index (κ2) is 8.76. The lowest BCUT2D eigenvalue weighted by Gasteiger charge is -2.22. The molecular weight excluding hydrogens is 352 g/mol. The standard InChI is InChI=1S/C23H26N2O3/c1-16(23(26)24-21-7-5-6-8-22(21)28-4)25(2)15-17-9-10-19-14-20(27-3)12-11-18(19)13-17/h5-14,16H,15H2,1-4H3,(H,24,26)/p+1/t16-/m0/s1. The zero-order valence-electron chi connectivity index (χ0n) is 16.8. The fourth-order valence-corrected chi connectivity index (χ4v) is 3.20. The molecule has 2 atom stereocenters. The number of likely N-dealkylation sites (N-methyl/N-ethyl adjacent to an activating group) is 1. The monoisotopic (exact) mass is 379 g/mol. The summed E-state index contributed by atoms with van der Waals surface area (Å²) in [6.45, 7) is 2.69. The second-order valence-electron chi connectivity index (χ2n) is 6.98. The molecule has 0 fully saturated rings. The summed E-state index contributed by atoms with van der Waals surface area (Å²) in [5.74, 6) is 1.47. The van der Waals surface area contributed by atoms with Crippen molar-refractivity contribution in [3.05, 3.63) is 66.2 Å². The first-order chi connectivity index (χ1) is 13.5. The van der Waals surface area contributed by atoms with E-state index in [1.165, 1.54) is 5.56 Å². The van der Waals surface area contributed by atoms with Gasteiger partial charge in [-0.3, -0.25) is 4.79 Å². The summed E-state index contributed by atoms with van der Waals surface area (Å²) in [7, 11) is 5.30. The normalized spacial score (nSPS) is 13.0. The third-order valence-corrected chi connectivity index (χ3v) is 5.09. The first kappa shape index (κ1) is 19.7. The molecule has 3 rings (SSSR count). The Morgan fingerprint density at radius 1 is 1.00 bits per heavy atom. The Balaban J connectivity index is 1.68. The molecule has 3 aromatic rings. The second-order valence-corrected chi connectivity index (χ2v) is 6.98. The van der Waals surface area contributed by atoms with Gasteiger partial charge in [-0.25, -0.2) is 0 Å². The maximum absolute atomic E-state index is 12.7. The van der Waals surface area contributed by atoms with Gasteiger partial charge >= 0.3 is 0 Å². The first-order valence-corrected chi connectivity index (χ1v) is 9.34. The molecule has 146 valence electrons. The Hall–Kier alpha value is -3.05. The lowest BCUT2D eigenvalue weighted by molar-refractivity contribution is -0.907. The highest BCUT2D eigenvalue weighted by molar-refractivity contribution is 5.95. The van der Waals surface area contributed by atoms with Gasteiger partial charge in [0.1, 0.15) is 18.0 Å². The minimum Gasteiger partial charge on any atom is -0.497 e. The number of para-hydroxylation sites is 2. The van der Waals surface area contributed by atoms with Crippen LogP contribution in [-0.4, -0.2) is 33.2 Å². The summed E-state index contributed by atoms with van der Waals surface area (Å²) in [5.41, 5.74) is 1.88. The molecule has 0 aliphatic rings. The number of quaternary nitrogens is 1. The van der Waals surface area contributed by atoms with Gasteiger partial charge in [-0.05, 0) is 48.0 Å². The van der Waals surface area contributed by atoms with E-state index in [0.717, 1.165) is 28.0 Å². The highest BCUT2D eigenvalue weighted by Crippen LogP contribution is 2.23. The maximum atomic E-state index is 12.7. The molecule has 0 heterocycles. The number of carbonyl (C=O) groups is 1. The lowest BCUT2D eigenvalue weighted by atomic mass is 10.1. The van der Waals surface area contributed by atoms with E-state index in [0.29, 0.717) is 11.4 Å². The number of ether oxygens (including phenoxy) is 2. The van der Waals surface area contributed by atoms with E-state index in [9.17, 15) is 4.79 Å². The van der Waals surface area contributed by atoms with Crippen molar-refractivity contribution in [1.82, 2.24) is 0 Å². The van der Waals surface area contributed by atoms with Crippen LogP contribution in [0.15, 0.2) is 60.7 Å². The minimum atomic E-state index is -0.212. The number of hydrogen-bond acceptors (Lipinski definition) is 3. The number of benzene rings is 3. The van der Waals surface area contributed by atoms with Crippen LogP contribution in [0, 0.1) is 0 Å². The number of carbonyl (C=O) groups excluding carboxylic acids is 1. The van der Waals surface area contributed by atoms with E-state index in [2.05, 4.69) is 29.6 Å². The van der Waals surface area contributed by atoms with Crippen molar-refractivity contribution in [2.75, 3.05) is 26.6 Å². The molecule has 5 nitrogen and oxygen atoms in total. The van der Waals surface area contributed by atoms with Gasteiger partial charge in [0.25, 0.3) is 5.91 Å². The van der Waals surface area contributed by atoms with Crippen LogP contribution in [0.3, 0.4) is 0 Å². The summed E-state index contributed by atoms with van der Waals surface area (Å²) in [5, 5.41) is 5.28. The summed E-state index contributed by atoms with van der Waals surface area (Å²) in [6.07, 6.45) is 0.